The summed E-state index contributed by atoms with van der Waals surface area (Å²) < 4.78 is 11.5. The maximum atomic E-state index is 12.5. The van der Waals surface area contributed by atoms with Crippen LogP contribution in [-0.2, 0) is 4.74 Å². The van der Waals surface area contributed by atoms with Crippen molar-refractivity contribution in [2.75, 3.05) is 13.2 Å². The number of fused-ring (bicyclic) bond motifs is 2. The zero-order valence-corrected chi connectivity index (χ0v) is 16.9. The first-order valence-electron chi connectivity index (χ1n) is 10.0. The number of amidine groups is 1. The quantitative estimate of drug-likeness (QED) is 0.305. The second kappa shape index (κ2) is 8.97. The molecule has 0 spiro atoms. The number of nitrogens with one attached hydrogen (secondary N) is 1. The van der Waals surface area contributed by atoms with E-state index in [2.05, 4.69) is 4.98 Å². The number of hydrogen-bond acceptors (Lipinski definition) is 6. The number of nitrogens with two attached hydrogens (primary N) is 1. The van der Waals surface area contributed by atoms with Gasteiger partial charge in [-0.1, -0.05) is 12.1 Å². The summed E-state index contributed by atoms with van der Waals surface area (Å²) in [5.74, 6) is 1.01. The van der Waals surface area contributed by atoms with E-state index in [1.54, 1.807) is 24.5 Å². The summed E-state index contributed by atoms with van der Waals surface area (Å²) >= 11 is 0. The molecule has 0 unspecified atom stereocenters. The van der Waals surface area contributed by atoms with Gasteiger partial charge in [0.1, 0.15) is 18.1 Å². The highest BCUT2D eigenvalue weighted by Gasteiger charge is 2.29. The lowest BCUT2D eigenvalue weighted by Crippen LogP contribution is -2.22. The lowest BCUT2D eigenvalue weighted by atomic mass is 9.85. The minimum absolute atomic E-state index is 0.0284. The summed E-state index contributed by atoms with van der Waals surface area (Å²) in [5, 5.41) is 16.5. The number of benzene rings is 2. The van der Waals surface area contributed by atoms with E-state index < -0.39 is 0 Å². The number of pyridine rings is 1. The zero-order valence-electron chi connectivity index (χ0n) is 16.9. The van der Waals surface area contributed by atoms with Crippen molar-refractivity contribution in [3.8, 4) is 22.6 Å². The predicted octanol–water partition coefficient (Wildman–Crippen LogP) is 3.85. The van der Waals surface area contributed by atoms with Crippen LogP contribution in [0.4, 0.5) is 0 Å². The second-order valence-electron chi connectivity index (χ2n) is 7.33. The first-order chi connectivity index (χ1) is 15.1. The number of hydrogen-bond donors (Lipinski definition) is 3. The Kier molecular flexibility index (Phi) is 5.95. The Labute approximate surface area is 180 Å². The van der Waals surface area contributed by atoms with Gasteiger partial charge in [-0.15, -0.1) is 0 Å². The summed E-state index contributed by atoms with van der Waals surface area (Å²) in [4.78, 5) is 16.7. The molecule has 4 rings (SSSR count). The number of ether oxygens (including phenoxy) is 2. The Hall–Kier alpha value is -3.71. The number of aliphatic hydroxyl groups is 1. The van der Waals surface area contributed by atoms with Crippen LogP contribution in [0, 0.1) is 5.41 Å². The Morgan fingerprint density at radius 2 is 1.90 bits per heavy atom. The van der Waals surface area contributed by atoms with Crippen molar-refractivity contribution in [1.82, 2.24) is 4.98 Å². The molecule has 158 valence electrons. The molecule has 1 aliphatic heterocycles. The van der Waals surface area contributed by atoms with Crippen molar-refractivity contribution in [2.45, 2.75) is 18.8 Å². The summed E-state index contributed by atoms with van der Waals surface area (Å²) in [6.07, 6.45) is 4.20. The van der Waals surface area contributed by atoms with E-state index in [0.29, 0.717) is 23.5 Å². The molecule has 7 heteroatoms. The topological polar surface area (TPSA) is 119 Å². The third-order valence-electron chi connectivity index (χ3n) is 5.27. The number of aliphatic hydroxyl groups excluding tert-OH is 1. The highest BCUT2D eigenvalue weighted by atomic mass is 16.5. The molecule has 1 aromatic heterocycles. The van der Waals surface area contributed by atoms with Gasteiger partial charge >= 0.3 is 0 Å². The first-order valence-corrected chi connectivity index (χ1v) is 10.0. The summed E-state index contributed by atoms with van der Waals surface area (Å²) in [5.41, 5.74) is 9.62. The number of ketones is 1. The maximum absolute atomic E-state index is 12.5. The first kappa shape index (κ1) is 20.6. The van der Waals surface area contributed by atoms with E-state index in [1.165, 1.54) is 0 Å². The molecule has 1 atom stereocenters. The molecule has 2 heterocycles. The fourth-order valence-corrected chi connectivity index (χ4v) is 3.74. The molecule has 7 nitrogen and oxygen atoms in total. The van der Waals surface area contributed by atoms with Crippen molar-refractivity contribution in [3.05, 3.63) is 77.6 Å². The summed E-state index contributed by atoms with van der Waals surface area (Å²) in [6, 6.07) is 14.7. The molecule has 0 fully saturated rings. The van der Waals surface area contributed by atoms with Gasteiger partial charge in [0.15, 0.2) is 5.78 Å². The van der Waals surface area contributed by atoms with E-state index >= 15 is 0 Å². The van der Waals surface area contributed by atoms with Gasteiger partial charge in [0.25, 0.3) is 6.02 Å². The van der Waals surface area contributed by atoms with Gasteiger partial charge in [-0.2, -0.15) is 0 Å². The Balaban J connectivity index is 1.75. The fraction of sp³-hybridized carbons (Fsp3) is 0.208. The van der Waals surface area contributed by atoms with Crippen molar-refractivity contribution in [2.24, 2.45) is 5.73 Å². The average Bonchev–Trinajstić information content (AvgIpc) is 2.80. The predicted molar refractivity (Wildman–Crippen MR) is 117 cm³/mol. The Bertz CT molecular complexity index is 1120. The molecule has 0 aliphatic carbocycles. The van der Waals surface area contributed by atoms with Crippen LogP contribution in [-0.4, -0.2) is 35.1 Å². The van der Waals surface area contributed by atoms with Gasteiger partial charge in [0.05, 0.1) is 5.92 Å². The van der Waals surface area contributed by atoms with Crippen molar-refractivity contribution < 1.29 is 19.4 Å². The molecule has 1 aliphatic rings. The standard InChI is InChI=1S/C24H23N3O4/c25-24(26)30-14-20-18-11-15(17-3-1-9-27-13-17)5-7-22(18)31-23-8-6-16(12-19(20)23)21(29)4-2-10-28/h1,3,5-9,11-13,20,28H,2,4,10,14H2,(H3,25,26)/t20-/m1/s1. The van der Waals surface area contributed by atoms with Crippen LogP contribution >= 0.6 is 0 Å². The van der Waals surface area contributed by atoms with Gasteiger partial charge in [-0.3, -0.25) is 15.2 Å². The molecule has 4 N–H and O–H groups in total. The minimum atomic E-state index is -0.367. The number of Topliss-reactive ketones (excluding diaryl/α,β-unsaturated/α-hetero) is 1. The van der Waals surface area contributed by atoms with Crippen molar-refractivity contribution in [3.63, 3.8) is 0 Å². The third-order valence-corrected chi connectivity index (χ3v) is 5.27. The molecule has 0 amide bonds. The molecular weight excluding hydrogens is 394 g/mol. The van der Waals surface area contributed by atoms with E-state index in [-0.39, 0.29) is 37.4 Å². The van der Waals surface area contributed by atoms with Crippen LogP contribution in [0.15, 0.2) is 60.9 Å². The molecule has 0 bridgehead atoms. The SMILES string of the molecule is N=C(N)OC[C@H]1c2cc(C(=O)CCCO)ccc2Oc2ccc(-c3cccnc3)cc21. The van der Waals surface area contributed by atoms with Gasteiger partial charge in [0, 0.05) is 47.7 Å². The molecule has 0 saturated heterocycles. The molecular formula is C24H23N3O4. The van der Waals surface area contributed by atoms with Gasteiger partial charge < -0.3 is 20.3 Å². The lowest BCUT2D eigenvalue weighted by molar-refractivity contribution is 0.0971. The lowest BCUT2D eigenvalue weighted by Gasteiger charge is -2.29. The number of aromatic nitrogens is 1. The van der Waals surface area contributed by atoms with E-state index in [0.717, 1.165) is 22.3 Å². The van der Waals surface area contributed by atoms with Crippen LogP contribution in [0.1, 0.15) is 40.2 Å². The molecule has 3 aromatic rings. The van der Waals surface area contributed by atoms with Crippen LogP contribution < -0.4 is 10.5 Å². The highest BCUT2D eigenvalue weighted by molar-refractivity contribution is 5.96. The monoisotopic (exact) mass is 417 g/mol. The van der Waals surface area contributed by atoms with Gasteiger partial charge in [-0.05, 0) is 48.4 Å². The number of carbonyl (C=O) groups is 1. The van der Waals surface area contributed by atoms with Crippen LogP contribution in [0.2, 0.25) is 0 Å². The third kappa shape index (κ3) is 4.41. The number of nitrogens with zero attached hydrogens (tertiary/aromatic N) is 1. The van der Waals surface area contributed by atoms with Crippen LogP contribution in [0.3, 0.4) is 0 Å². The van der Waals surface area contributed by atoms with E-state index in [1.807, 2.05) is 36.4 Å². The Morgan fingerprint density at radius 1 is 1.13 bits per heavy atom. The number of carbonyl (C=O) groups excluding carboxylic acids is 1. The fourth-order valence-electron chi connectivity index (χ4n) is 3.74. The van der Waals surface area contributed by atoms with Gasteiger partial charge in [0.2, 0.25) is 0 Å². The summed E-state index contributed by atoms with van der Waals surface area (Å²) in [6.45, 7) is 0.114. The molecule has 0 saturated carbocycles. The molecule has 2 aromatic carbocycles. The largest absolute Gasteiger partial charge is 0.465 e. The van der Waals surface area contributed by atoms with Gasteiger partial charge in [-0.25, -0.2) is 0 Å². The molecule has 0 radical (unpaired) electrons. The van der Waals surface area contributed by atoms with Crippen LogP contribution in [0.5, 0.6) is 11.5 Å². The normalized spacial score (nSPS) is 14.2. The Morgan fingerprint density at radius 3 is 2.61 bits per heavy atom. The maximum Gasteiger partial charge on any atom is 0.279 e. The zero-order chi connectivity index (χ0) is 21.8. The smallest absolute Gasteiger partial charge is 0.279 e. The van der Waals surface area contributed by atoms with E-state index in [9.17, 15) is 4.79 Å². The second-order valence-corrected chi connectivity index (χ2v) is 7.33. The van der Waals surface area contributed by atoms with Crippen molar-refractivity contribution >= 4 is 11.8 Å². The molecule has 31 heavy (non-hydrogen) atoms. The minimum Gasteiger partial charge on any atom is -0.465 e. The van der Waals surface area contributed by atoms with E-state index in [4.69, 9.17) is 25.7 Å². The van der Waals surface area contributed by atoms with Crippen molar-refractivity contribution in [1.29, 1.82) is 5.41 Å². The summed E-state index contributed by atoms with van der Waals surface area (Å²) in [7, 11) is 0. The van der Waals surface area contributed by atoms with Crippen LogP contribution in [0.25, 0.3) is 11.1 Å². The number of rotatable bonds is 7. The highest BCUT2D eigenvalue weighted by Crippen LogP contribution is 2.46. The average molecular weight is 417 g/mol.